The van der Waals surface area contributed by atoms with E-state index in [2.05, 4.69) is 19.6 Å². The molecule has 2 rings (SSSR count). The van der Waals surface area contributed by atoms with Crippen molar-refractivity contribution in [2.75, 3.05) is 0 Å². The molecule has 0 unspecified atom stereocenters. The Hall–Kier alpha value is -5.72. The van der Waals surface area contributed by atoms with Crippen LogP contribution in [0, 0.1) is 71.1 Å². The van der Waals surface area contributed by atoms with Gasteiger partial charge in [-0.25, -0.2) is 0 Å². The zero-order valence-electron chi connectivity index (χ0n) is 14.0. The lowest BCUT2D eigenvalue weighted by atomic mass is 10.1. The van der Waals surface area contributed by atoms with Crippen LogP contribution in [0.5, 0.6) is 0 Å². The predicted octanol–water partition coefficient (Wildman–Crippen LogP) is -3.52. The second kappa shape index (κ2) is 6.96. The second-order valence-electron chi connectivity index (χ2n) is 5.07. The van der Waals surface area contributed by atoms with E-state index in [1.165, 1.54) is 0 Å². The molecule has 0 aromatic carbocycles. The number of aromatic nitrogens is 4. The van der Waals surface area contributed by atoms with Crippen LogP contribution < -0.4 is 9.81 Å². The normalized spacial score (nSPS) is 11.6. The number of hydrogen-bond acceptors (Lipinski definition) is 18. The molecule has 0 radical (unpaired) electrons. The highest BCUT2D eigenvalue weighted by atomic mass is 16.8. The van der Waals surface area contributed by atoms with Crippen LogP contribution in [0.2, 0.25) is 0 Å². The van der Waals surface area contributed by atoms with Crippen LogP contribution in [-0.4, -0.2) is 39.9 Å². The molecule has 26 nitrogen and oxygen atoms in total. The van der Waals surface area contributed by atoms with Gasteiger partial charge in [-0.15, -0.1) is 0 Å². The summed E-state index contributed by atoms with van der Waals surface area (Å²) < 4.78 is 7.49. The van der Waals surface area contributed by atoms with Gasteiger partial charge < -0.3 is 10.4 Å². The topological polar surface area (TPSA) is 365 Å². The molecule has 0 atom stereocenters. The molecule has 0 amide bonds. The molecule has 170 valence electrons. The molecule has 0 saturated carbocycles. The van der Waals surface area contributed by atoms with E-state index < -0.39 is 73.7 Å². The zero-order chi connectivity index (χ0) is 24.8. The summed E-state index contributed by atoms with van der Waals surface area (Å²) in [6, 6.07) is 0. The minimum Gasteiger partial charge on any atom is -0.359 e. The van der Waals surface area contributed by atoms with Crippen LogP contribution in [-0.2, 0) is 11.6 Å². The van der Waals surface area contributed by atoms with Crippen molar-refractivity contribution in [3.8, 4) is 11.4 Å². The molecule has 2 aromatic rings. The maximum absolute atomic E-state index is 11.9. The van der Waals surface area contributed by atoms with Crippen molar-refractivity contribution in [3.63, 3.8) is 0 Å². The van der Waals surface area contributed by atoms with Crippen LogP contribution in [0.15, 0.2) is 9.26 Å². The van der Waals surface area contributed by atoms with E-state index in [1.54, 1.807) is 0 Å². The van der Waals surface area contributed by atoms with E-state index >= 15 is 0 Å². The van der Waals surface area contributed by atoms with Gasteiger partial charge in [0.15, 0.2) is 29.5 Å². The number of nitrogens with zero attached hydrogens (tertiary/aromatic N) is 10. The Morgan fingerprint density at radius 2 is 0.781 bits per heavy atom. The fourth-order valence-corrected chi connectivity index (χ4v) is 2.25. The van der Waals surface area contributed by atoms with Crippen molar-refractivity contribution in [1.29, 1.82) is 0 Å². The first kappa shape index (κ1) is 22.6. The molecule has 0 N–H and O–H groups in total. The molecular formula is C6N10O16. The van der Waals surface area contributed by atoms with Crippen LogP contribution in [0.1, 0.15) is 11.4 Å². The maximum Gasteiger partial charge on any atom is 0.775 e. The van der Waals surface area contributed by atoms with Crippen LogP contribution in [0.3, 0.4) is 0 Å². The van der Waals surface area contributed by atoms with Crippen molar-refractivity contribution in [3.05, 3.63) is 82.5 Å². The summed E-state index contributed by atoms with van der Waals surface area (Å²) in [6.07, 6.45) is 0. The quantitative estimate of drug-likeness (QED) is 0.149. The maximum atomic E-state index is 11.9. The summed E-state index contributed by atoms with van der Waals surface area (Å²) in [6.45, 7) is 0. The Kier molecular flexibility index (Phi) is 4.91. The van der Waals surface area contributed by atoms with Gasteiger partial charge >= 0.3 is 34.3 Å². The molecule has 0 saturated heterocycles. The molecule has 0 aliphatic carbocycles. The predicted molar refractivity (Wildman–Crippen MR) is 75.2 cm³/mol. The van der Waals surface area contributed by atoms with Crippen molar-refractivity contribution >= 4 is 0 Å². The third kappa shape index (κ3) is 2.52. The first-order chi connectivity index (χ1) is 14.7. The van der Waals surface area contributed by atoms with E-state index in [9.17, 15) is 71.1 Å². The van der Waals surface area contributed by atoms with E-state index in [0.29, 0.717) is 0 Å². The standard InChI is InChI=1S/C6N10O16/c17-9-1(3(7-31-9)5(11(19)20,12(21)22)13(23)24)2-4(8-32-10(2)18)6(14(25)26,15(27)28)16(29)30. The largest absolute Gasteiger partial charge is 0.775 e. The molecule has 32 heavy (non-hydrogen) atoms. The smallest absolute Gasteiger partial charge is 0.359 e. The Bertz CT molecular complexity index is 1030. The minimum absolute atomic E-state index is 1.23. The highest BCUT2D eigenvalue weighted by Crippen LogP contribution is 2.36. The first-order valence-corrected chi connectivity index (χ1v) is 6.77. The van der Waals surface area contributed by atoms with Crippen LogP contribution >= 0.6 is 0 Å². The third-order valence-electron chi connectivity index (χ3n) is 3.61. The van der Waals surface area contributed by atoms with Gasteiger partial charge in [-0.1, -0.05) is 0 Å². The molecule has 0 aliphatic rings. The van der Waals surface area contributed by atoms with Gasteiger partial charge in [-0.2, -0.15) is 0 Å². The molecular weight excluding hydrogens is 468 g/mol. The molecule has 2 aromatic heterocycles. The average molecular weight is 468 g/mol. The van der Waals surface area contributed by atoms with E-state index in [-0.39, 0.29) is 0 Å². The number of rotatable bonds is 9. The number of nitro groups is 6. The van der Waals surface area contributed by atoms with Crippen LogP contribution in [0.4, 0.5) is 0 Å². The van der Waals surface area contributed by atoms with Gasteiger partial charge in [0.1, 0.15) is 0 Å². The fraction of sp³-hybridized carbons (Fsp3) is 0.333. The summed E-state index contributed by atoms with van der Waals surface area (Å²) in [5.74, 6) is -9.67. The Balaban J connectivity index is 3.13. The highest BCUT2D eigenvalue weighted by Gasteiger charge is 2.84. The lowest BCUT2D eigenvalue weighted by Crippen LogP contribution is -2.53. The van der Waals surface area contributed by atoms with Crippen molar-refractivity contribution in [1.82, 2.24) is 10.3 Å². The van der Waals surface area contributed by atoms with Crippen LogP contribution in [0.25, 0.3) is 11.4 Å². The fourth-order valence-electron chi connectivity index (χ4n) is 2.25. The summed E-state index contributed by atoms with van der Waals surface area (Å²) in [4.78, 5) is 51.3. The molecule has 0 aliphatic heterocycles. The Morgan fingerprint density at radius 3 is 0.969 bits per heavy atom. The molecule has 0 spiro atoms. The monoisotopic (exact) mass is 468 g/mol. The SMILES string of the molecule is O=[N+]([O-])C(c1no[n+]([O-])c1-c1c(C([N+](=O)[O-])([N+](=O)[O-])[N+](=O)[O-])no[n+]1[O-])([N+](=O)[O-])[N+](=O)[O-]. The van der Waals surface area contributed by atoms with Gasteiger partial charge in [0.2, 0.25) is 0 Å². The van der Waals surface area contributed by atoms with E-state index in [0.717, 1.165) is 0 Å². The zero-order valence-corrected chi connectivity index (χ0v) is 14.0. The van der Waals surface area contributed by atoms with E-state index in [1.807, 2.05) is 0 Å². The summed E-state index contributed by atoms with van der Waals surface area (Å²) in [5, 5.41) is 95.9. The van der Waals surface area contributed by atoms with Crippen molar-refractivity contribution in [2.24, 2.45) is 0 Å². The van der Waals surface area contributed by atoms with Gasteiger partial charge in [-0.05, 0) is 9.81 Å². The minimum atomic E-state index is -4.84. The van der Waals surface area contributed by atoms with E-state index in [4.69, 9.17) is 0 Å². The summed E-state index contributed by atoms with van der Waals surface area (Å²) in [5.41, 5.74) is -8.80. The average Bonchev–Trinajstić information content (AvgIpc) is 3.17. The summed E-state index contributed by atoms with van der Waals surface area (Å²) >= 11 is 0. The Labute approximate surface area is 165 Å². The first-order valence-electron chi connectivity index (χ1n) is 6.77. The second-order valence-corrected chi connectivity index (χ2v) is 5.07. The van der Waals surface area contributed by atoms with Gasteiger partial charge in [0.25, 0.3) is 0 Å². The van der Waals surface area contributed by atoms with Gasteiger partial charge in [-0.3, -0.25) is 69.9 Å². The van der Waals surface area contributed by atoms with Gasteiger partial charge in [0.05, 0.1) is 10.3 Å². The number of hydrogen-bond donors (Lipinski definition) is 0. The van der Waals surface area contributed by atoms with Gasteiger partial charge in [0, 0.05) is 0 Å². The van der Waals surface area contributed by atoms with Crippen molar-refractivity contribution in [2.45, 2.75) is 11.6 Å². The Morgan fingerprint density at radius 1 is 0.562 bits per heavy atom. The molecule has 2 heterocycles. The lowest BCUT2D eigenvalue weighted by molar-refractivity contribution is -0.987. The van der Waals surface area contributed by atoms with Crippen molar-refractivity contribution < 1.29 is 48.6 Å². The molecule has 0 fully saturated rings. The lowest BCUT2D eigenvalue weighted by Gasteiger charge is -2.05. The molecule has 26 heteroatoms. The molecule has 0 bridgehead atoms. The summed E-state index contributed by atoms with van der Waals surface area (Å²) in [7, 11) is 0. The highest BCUT2D eigenvalue weighted by molar-refractivity contribution is 5.54. The third-order valence-corrected chi connectivity index (χ3v) is 3.61.